The minimum atomic E-state index is -0.839. The number of carbonyl (C=O) groups is 1. The minimum absolute atomic E-state index is 0.277. The van der Waals surface area contributed by atoms with Crippen molar-refractivity contribution in [1.82, 2.24) is 0 Å². The van der Waals surface area contributed by atoms with E-state index < -0.39 is 17.4 Å². The molecule has 0 saturated carbocycles. The summed E-state index contributed by atoms with van der Waals surface area (Å²) in [7, 11) is 0. The standard InChI is InChI=1S/C13H6BrClF2O/c14-8-3-1-7(2-4-8)13(18)9-5-12(17)10(15)6-11(9)16/h1-6H. The lowest BCUT2D eigenvalue weighted by molar-refractivity contribution is 0.103. The van der Waals surface area contributed by atoms with E-state index in [4.69, 9.17) is 11.6 Å². The first kappa shape index (κ1) is 13.2. The number of carbonyl (C=O) groups excluding carboxylic acids is 1. The molecule has 0 radical (unpaired) electrons. The molecular weight excluding hydrogens is 325 g/mol. The first-order chi connectivity index (χ1) is 8.49. The van der Waals surface area contributed by atoms with Crippen molar-refractivity contribution in [3.8, 4) is 0 Å². The first-order valence-corrected chi connectivity index (χ1v) is 6.11. The fraction of sp³-hybridized carbons (Fsp3) is 0. The van der Waals surface area contributed by atoms with Crippen molar-refractivity contribution < 1.29 is 13.6 Å². The molecule has 2 rings (SSSR count). The molecule has 0 aliphatic carbocycles. The number of hydrogen-bond donors (Lipinski definition) is 0. The second-order valence-electron chi connectivity index (χ2n) is 3.58. The van der Waals surface area contributed by atoms with Crippen LogP contribution in [0.4, 0.5) is 8.78 Å². The van der Waals surface area contributed by atoms with E-state index in [1.54, 1.807) is 12.1 Å². The molecule has 0 fully saturated rings. The van der Waals surface area contributed by atoms with E-state index in [0.717, 1.165) is 16.6 Å². The number of halogens is 4. The van der Waals surface area contributed by atoms with Crippen LogP contribution in [-0.2, 0) is 0 Å². The third-order valence-electron chi connectivity index (χ3n) is 2.36. The van der Waals surface area contributed by atoms with Crippen LogP contribution in [0, 0.1) is 11.6 Å². The van der Waals surface area contributed by atoms with Crippen LogP contribution in [0.1, 0.15) is 15.9 Å². The first-order valence-electron chi connectivity index (χ1n) is 4.94. The Morgan fingerprint density at radius 1 is 1.06 bits per heavy atom. The van der Waals surface area contributed by atoms with E-state index in [2.05, 4.69) is 15.9 Å². The fourth-order valence-corrected chi connectivity index (χ4v) is 1.87. The Morgan fingerprint density at radius 3 is 2.28 bits per heavy atom. The molecule has 0 bridgehead atoms. The Labute approximate surface area is 116 Å². The topological polar surface area (TPSA) is 17.1 Å². The summed E-state index contributed by atoms with van der Waals surface area (Å²) in [5.74, 6) is -2.25. The average molecular weight is 332 g/mol. The Balaban J connectivity index is 2.46. The van der Waals surface area contributed by atoms with E-state index in [-0.39, 0.29) is 16.1 Å². The molecule has 0 aliphatic rings. The van der Waals surface area contributed by atoms with Crippen LogP contribution < -0.4 is 0 Å². The molecule has 0 aromatic heterocycles. The van der Waals surface area contributed by atoms with E-state index in [1.165, 1.54) is 12.1 Å². The predicted molar refractivity (Wildman–Crippen MR) is 68.9 cm³/mol. The van der Waals surface area contributed by atoms with E-state index in [0.29, 0.717) is 0 Å². The molecule has 0 unspecified atom stereocenters. The van der Waals surface area contributed by atoms with Gasteiger partial charge in [0.2, 0.25) is 0 Å². The van der Waals surface area contributed by atoms with Gasteiger partial charge < -0.3 is 0 Å². The lowest BCUT2D eigenvalue weighted by Gasteiger charge is -2.04. The van der Waals surface area contributed by atoms with Crippen LogP contribution in [0.2, 0.25) is 5.02 Å². The lowest BCUT2D eigenvalue weighted by atomic mass is 10.0. The fourth-order valence-electron chi connectivity index (χ4n) is 1.45. The van der Waals surface area contributed by atoms with E-state index in [9.17, 15) is 13.6 Å². The SMILES string of the molecule is O=C(c1ccc(Br)cc1)c1cc(F)c(Cl)cc1F. The van der Waals surface area contributed by atoms with Crippen molar-refractivity contribution in [3.63, 3.8) is 0 Å². The monoisotopic (exact) mass is 330 g/mol. The maximum absolute atomic E-state index is 13.6. The maximum atomic E-state index is 13.6. The number of hydrogen-bond acceptors (Lipinski definition) is 1. The van der Waals surface area contributed by atoms with Crippen molar-refractivity contribution in [1.29, 1.82) is 0 Å². The summed E-state index contributed by atoms with van der Waals surface area (Å²) in [5, 5.41) is -0.347. The van der Waals surface area contributed by atoms with Gasteiger partial charge >= 0.3 is 0 Å². The van der Waals surface area contributed by atoms with Gasteiger partial charge in [0, 0.05) is 10.0 Å². The third kappa shape index (κ3) is 2.60. The predicted octanol–water partition coefficient (Wildman–Crippen LogP) is 4.61. The summed E-state index contributed by atoms with van der Waals surface area (Å²) in [6.45, 7) is 0. The van der Waals surface area contributed by atoms with Gasteiger partial charge in [0.25, 0.3) is 0 Å². The van der Waals surface area contributed by atoms with Gasteiger partial charge in [-0.1, -0.05) is 27.5 Å². The van der Waals surface area contributed by atoms with Gasteiger partial charge in [-0.25, -0.2) is 8.78 Å². The molecule has 0 saturated heterocycles. The maximum Gasteiger partial charge on any atom is 0.196 e. The quantitative estimate of drug-likeness (QED) is 0.580. The molecule has 0 heterocycles. The molecule has 1 nitrogen and oxygen atoms in total. The van der Waals surface area contributed by atoms with Gasteiger partial charge in [-0.05, 0) is 36.4 Å². The van der Waals surface area contributed by atoms with Crippen LogP contribution >= 0.6 is 27.5 Å². The van der Waals surface area contributed by atoms with Crippen LogP contribution in [0.15, 0.2) is 40.9 Å². The Morgan fingerprint density at radius 2 is 1.67 bits per heavy atom. The number of ketones is 1. The summed E-state index contributed by atoms with van der Waals surface area (Å²) < 4.78 is 27.6. The molecule has 5 heteroatoms. The second-order valence-corrected chi connectivity index (χ2v) is 4.91. The summed E-state index contributed by atoms with van der Waals surface area (Å²) in [6, 6.07) is 7.95. The van der Waals surface area contributed by atoms with Gasteiger partial charge in [-0.15, -0.1) is 0 Å². The van der Waals surface area contributed by atoms with Crippen LogP contribution in [0.25, 0.3) is 0 Å². The van der Waals surface area contributed by atoms with Crippen molar-refractivity contribution in [2.45, 2.75) is 0 Å². The lowest BCUT2D eigenvalue weighted by Crippen LogP contribution is -2.05. The molecular formula is C13H6BrClF2O. The zero-order chi connectivity index (χ0) is 13.3. The number of rotatable bonds is 2. The van der Waals surface area contributed by atoms with Crippen molar-refractivity contribution in [2.75, 3.05) is 0 Å². The smallest absolute Gasteiger partial charge is 0.196 e. The highest BCUT2D eigenvalue weighted by Gasteiger charge is 2.16. The third-order valence-corrected chi connectivity index (χ3v) is 3.18. The zero-order valence-electron chi connectivity index (χ0n) is 8.88. The zero-order valence-corrected chi connectivity index (χ0v) is 11.2. The van der Waals surface area contributed by atoms with Gasteiger partial charge in [0.1, 0.15) is 11.6 Å². The van der Waals surface area contributed by atoms with Crippen LogP contribution in [0.5, 0.6) is 0 Å². The Kier molecular flexibility index (Phi) is 3.78. The highest BCUT2D eigenvalue weighted by atomic mass is 79.9. The van der Waals surface area contributed by atoms with Gasteiger partial charge in [-0.3, -0.25) is 4.79 Å². The molecule has 0 aliphatic heterocycles. The van der Waals surface area contributed by atoms with E-state index >= 15 is 0 Å². The largest absolute Gasteiger partial charge is 0.288 e. The van der Waals surface area contributed by atoms with Crippen molar-refractivity contribution in [3.05, 3.63) is 68.7 Å². The molecule has 92 valence electrons. The highest BCUT2D eigenvalue weighted by molar-refractivity contribution is 9.10. The summed E-state index contributed by atoms with van der Waals surface area (Å²) in [5.41, 5.74) is -0.0574. The van der Waals surface area contributed by atoms with Gasteiger partial charge in [0.15, 0.2) is 5.78 Å². The normalized spacial score (nSPS) is 10.4. The summed E-state index contributed by atoms with van der Waals surface area (Å²) in [4.78, 5) is 12.0. The van der Waals surface area contributed by atoms with Crippen LogP contribution in [-0.4, -0.2) is 5.78 Å². The number of benzene rings is 2. The summed E-state index contributed by atoms with van der Waals surface area (Å²) in [6.07, 6.45) is 0. The van der Waals surface area contributed by atoms with Crippen molar-refractivity contribution in [2.24, 2.45) is 0 Å². The molecule has 0 amide bonds. The average Bonchev–Trinajstić information content (AvgIpc) is 2.34. The van der Waals surface area contributed by atoms with E-state index in [1.807, 2.05) is 0 Å². The minimum Gasteiger partial charge on any atom is -0.288 e. The molecule has 0 atom stereocenters. The Bertz CT molecular complexity index is 611. The van der Waals surface area contributed by atoms with Gasteiger partial charge in [0.05, 0.1) is 10.6 Å². The second kappa shape index (κ2) is 5.16. The van der Waals surface area contributed by atoms with Crippen LogP contribution in [0.3, 0.4) is 0 Å². The molecule has 0 spiro atoms. The Hall–Kier alpha value is -1.26. The summed E-state index contributed by atoms with van der Waals surface area (Å²) >= 11 is 8.65. The molecule has 0 N–H and O–H groups in total. The molecule has 2 aromatic carbocycles. The molecule has 2 aromatic rings. The molecule has 18 heavy (non-hydrogen) atoms. The van der Waals surface area contributed by atoms with Crippen molar-refractivity contribution >= 4 is 33.3 Å². The van der Waals surface area contributed by atoms with Gasteiger partial charge in [-0.2, -0.15) is 0 Å². The highest BCUT2D eigenvalue weighted by Crippen LogP contribution is 2.22.